The summed E-state index contributed by atoms with van der Waals surface area (Å²) < 4.78 is 11.3. The van der Waals surface area contributed by atoms with Crippen molar-refractivity contribution in [3.63, 3.8) is 0 Å². The van der Waals surface area contributed by atoms with Crippen LogP contribution < -0.4 is 15.4 Å². The minimum absolute atomic E-state index is 0.0647. The maximum absolute atomic E-state index is 12.6. The molecular formula is C22H26N2O4. The third-order valence-electron chi connectivity index (χ3n) is 4.75. The van der Waals surface area contributed by atoms with Gasteiger partial charge in [-0.15, -0.1) is 0 Å². The van der Waals surface area contributed by atoms with Crippen LogP contribution >= 0.6 is 0 Å². The number of carbonyl (C=O) groups is 2. The normalized spacial score (nSPS) is 15.9. The Morgan fingerprint density at radius 1 is 1.11 bits per heavy atom. The van der Waals surface area contributed by atoms with Gasteiger partial charge in [-0.2, -0.15) is 0 Å². The number of hydrogen-bond acceptors (Lipinski definition) is 4. The monoisotopic (exact) mass is 382 g/mol. The van der Waals surface area contributed by atoms with E-state index in [0.29, 0.717) is 35.7 Å². The van der Waals surface area contributed by atoms with Crippen molar-refractivity contribution >= 4 is 23.2 Å². The molecule has 0 unspecified atom stereocenters. The fourth-order valence-electron chi connectivity index (χ4n) is 3.01. The second kappa shape index (κ2) is 9.37. The van der Waals surface area contributed by atoms with E-state index in [-0.39, 0.29) is 17.9 Å². The second-order valence-corrected chi connectivity index (χ2v) is 6.80. The Kier molecular flexibility index (Phi) is 6.66. The van der Waals surface area contributed by atoms with Gasteiger partial charge in [0.25, 0.3) is 5.91 Å². The van der Waals surface area contributed by atoms with E-state index in [1.807, 2.05) is 19.1 Å². The third kappa shape index (κ3) is 5.10. The van der Waals surface area contributed by atoms with Gasteiger partial charge in [-0.05, 0) is 61.7 Å². The largest absolute Gasteiger partial charge is 0.491 e. The van der Waals surface area contributed by atoms with Gasteiger partial charge in [-0.3, -0.25) is 9.59 Å². The fourth-order valence-corrected chi connectivity index (χ4v) is 3.01. The molecule has 6 heteroatoms. The third-order valence-corrected chi connectivity index (χ3v) is 4.75. The molecule has 2 aromatic carbocycles. The predicted molar refractivity (Wildman–Crippen MR) is 109 cm³/mol. The van der Waals surface area contributed by atoms with Crippen LogP contribution in [0.5, 0.6) is 5.75 Å². The second-order valence-electron chi connectivity index (χ2n) is 6.80. The van der Waals surface area contributed by atoms with Crippen molar-refractivity contribution in [2.45, 2.75) is 39.2 Å². The lowest BCUT2D eigenvalue weighted by Gasteiger charge is -2.14. The quantitative estimate of drug-likeness (QED) is 0.754. The van der Waals surface area contributed by atoms with Crippen molar-refractivity contribution in [3.05, 3.63) is 53.6 Å². The van der Waals surface area contributed by atoms with Crippen molar-refractivity contribution in [1.29, 1.82) is 0 Å². The zero-order chi connectivity index (χ0) is 19.9. The average Bonchev–Trinajstić information content (AvgIpc) is 3.23. The number of rotatable bonds is 7. The summed E-state index contributed by atoms with van der Waals surface area (Å²) in [6, 6.07) is 12.5. The Morgan fingerprint density at radius 3 is 2.46 bits per heavy atom. The zero-order valence-corrected chi connectivity index (χ0v) is 16.3. The molecule has 2 aromatic rings. The SMILES string of the molecule is CCC(=O)Nc1cccc(NC(=O)c2ccc(OC[C@@H]3CCCO3)cc2)c1C. The lowest BCUT2D eigenvalue weighted by atomic mass is 10.1. The Morgan fingerprint density at radius 2 is 1.82 bits per heavy atom. The van der Waals surface area contributed by atoms with Gasteiger partial charge in [0, 0.05) is 30.0 Å². The topological polar surface area (TPSA) is 76.7 Å². The summed E-state index contributed by atoms with van der Waals surface area (Å²) in [5.41, 5.74) is 2.71. The van der Waals surface area contributed by atoms with Crippen LogP contribution in [0, 0.1) is 6.92 Å². The van der Waals surface area contributed by atoms with Crippen molar-refractivity contribution in [1.82, 2.24) is 0 Å². The first kappa shape index (κ1) is 19.9. The molecule has 0 aromatic heterocycles. The summed E-state index contributed by atoms with van der Waals surface area (Å²) in [6.07, 6.45) is 2.66. The molecule has 1 atom stereocenters. The van der Waals surface area contributed by atoms with Crippen LogP contribution in [-0.4, -0.2) is 31.1 Å². The predicted octanol–water partition coefficient (Wildman–Crippen LogP) is 4.15. The highest BCUT2D eigenvalue weighted by Gasteiger charge is 2.16. The summed E-state index contributed by atoms with van der Waals surface area (Å²) >= 11 is 0. The molecule has 1 fully saturated rings. The Labute approximate surface area is 165 Å². The summed E-state index contributed by atoms with van der Waals surface area (Å²) in [5, 5.41) is 5.74. The molecule has 0 radical (unpaired) electrons. The number of anilines is 2. The molecule has 28 heavy (non-hydrogen) atoms. The van der Waals surface area contributed by atoms with E-state index in [4.69, 9.17) is 9.47 Å². The van der Waals surface area contributed by atoms with Crippen molar-refractivity contribution < 1.29 is 19.1 Å². The smallest absolute Gasteiger partial charge is 0.255 e. The van der Waals surface area contributed by atoms with Gasteiger partial charge in [-0.1, -0.05) is 13.0 Å². The maximum atomic E-state index is 12.6. The lowest BCUT2D eigenvalue weighted by molar-refractivity contribution is -0.115. The molecule has 0 saturated carbocycles. The van der Waals surface area contributed by atoms with Gasteiger partial charge >= 0.3 is 0 Å². The Hall–Kier alpha value is -2.86. The molecule has 0 bridgehead atoms. The average molecular weight is 382 g/mol. The van der Waals surface area contributed by atoms with E-state index >= 15 is 0 Å². The Balaban J connectivity index is 1.61. The summed E-state index contributed by atoms with van der Waals surface area (Å²) in [5.74, 6) is 0.436. The highest BCUT2D eigenvalue weighted by molar-refractivity contribution is 6.05. The van der Waals surface area contributed by atoms with Crippen LogP contribution in [0.2, 0.25) is 0 Å². The maximum Gasteiger partial charge on any atom is 0.255 e. The van der Waals surface area contributed by atoms with Crippen molar-refractivity contribution in [2.24, 2.45) is 0 Å². The number of benzene rings is 2. The molecule has 1 saturated heterocycles. The summed E-state index contributed by atoms with van der Waals surface area (Å²) in [7, 11) is 0. The number of hydrogen-bond donors (Lipinski definition) is 2. The van der Waals surface area contributed by atoms with E-state index in [0.717, 1.165) is 25.0 Å². The molecular weight excluding hydrogens is 356 g/mol. The van der Waals surface area contributed by atoms with Gasteiger partial charge in [0.2, 0.25) is 5.91 Å². The molecule has 0 aliphatic carbocycles. The van der Waals surface area contributed by atoms with E-state index in [1.165, 1.54) is 0 Å². The standard InChI is InChI=1S/C22H26N2O4/c1-3-21(25)23-19-7-4-8-20(15(19)2)24-22(26)16-9-11-17(12-10-16)28-14-18-6-5-13-27-18/h4,7-12,18H,3,5-6,13-14H2,1-2H3,(H,23,25)(H,24,26)/t18-/m0/s1. The number of ether oxygens (including phenoxy) is 2. The molecule has 1 aliphatic heterocycles. The first-order valence-corrected chi connectivity index (χ1v) is 9.62. The van der Waals surface area contributed by atoms with Crippen LogP contribution in [0.3, 0.4) is 0 Å². The van der Waals surface area contributed by atoms with Crippen LogP contribution in [-0.2, 0) is 9.53 Å². The Bertz CT molecular complexity index is 827. The van der Waals surface area contributed by atoms with Crippen LogP contribution in [0.4, 0.5) is 11.4 Å². The number of amides is 2. The fraction of sp³-hybridized carbons (Fsp3) is 0.364. The first-order valence-electron chi connectivity index (χ1n) is 9.62. The number of carbonyl (C=O) groups excluding carboxylic acids is 2. The zero-order valence-electron chi connectivity index (χ0n) is 16.3. The van der Waals surface area contributed by atoms with Crippen LogP contribution in [0.1, 0.15) is 42.1 Å². The van der Waals surface area contributed by atoms with Gasteiger partial charge < -0.3 is 20.1 Å². The molecule has 2 amide bonds. The number of nitrogens with one attached hydrogen (secondary N) is 2. The highest BCUT2D eigenvalue weighted by Crippen LogP contribution is 2.24. The molecule has 0 spiro atoms. The highest BCUT2D eigenvalue weighted by atomic mass is 16.5. The minimum atomic E-state index is -0.215. The molecule has 3 rings (SSSR count). The van der Waals surface area contributed by atoms with E-state index in [2.05, 4.69) is 10.6 Å². The van der Waals surface area contributed by atoms with Crippen LogP contribution in [0.25, 0.3) is 0 Å². The van der Waals surface area contributed by atoms with E-state index in [9.17, 15) is 9.59 Å². The molecule has 2 N–H and O–H groups in total. The van der Waals surface area contributed by atoms with Crippen molar-refractivity contribution in [3.8, 4) is 5.75 Å². The van der Waals surface area contributed by atoms with Gasteiger partial charge in [-0.25, -0.2) is 0 Å². The summed E-state index contributed by atoms with van der Waals surface area (Å²) in [4.78, 5) is 24.2. The molecule has 148 valence electrons. The molecule has 6 nitrogen and oxygen atoms in total. The minimum Gasteiger partial charge on any atom is -0.491 e. The molecule has 1 heterocycles. The molecule has 1 aliphatic rings. The van der Waals surface area contributed by atoms with E-state index in [1.54, 1.807) is 37.3 Å². The first-order chi connectivity index (χ1) is 13.6. The summed E-state index contributed by atoms with van der Waals surface area (Å²) in [6.45, 7) is 4.99. The van der Waals surface area contributed by atoms with Gasteiger partial charge in [0.15, 0.2) is 0 Å². The van der Waals surface area contributed by atoms with Crippen molar-refractivity contribution in [2.75, 3.05) is 23.8 Å². The van der Waals surface area contributed by atoms with Gasteiger partial charge in [0.1, 0.15) is 12.4 Å². The van der Waals surface area contributed by atoms with Gasteiger partial charge in [0.05, 0.1) is 6.10 Å². The van der Waals surface area contributed by atoms with E-state index < -0.39 is 0 Å². The lowest BCUT2D eigenvalue weighted by Crippen LogP contribution is -2.16. The van der Waals surface area contributed by atoms with Crippen LogP contribution in [0.15, 0.2) is 42.5 Å².